The van der Waals surface area contributed by atoms with Crippen molar-refractivity contribution in [1.82, 2.24) is 10.2 Å². The molecule has 0 spiro atoms. The van der Waals surface area contributed by atoms with Crippen LogP contribution in [-0.2, 0) is 14.3 Å². The number of aromatic nitrogens is 2. The van der Waals surface area contributed by atoms with Crippen molar-refractivity contribution in [3.63, 3.8) is 0 Å². The van der Waals surface area contributed by atoms with Crippen LogP contribution in [0.5, 0.6) is 11.5 Å². The van der Waals surface area contributed by atoms with Gasteiger partial charge < -0.3 is 18.6 Å². The van der Waals surface area contributed by atoms with E-state index in [9.17, 15) is 9.59 Å². The van der Waals surface area contributed by atoms with Crippen molar-refractivity contribution in [2.45, 2.75) is 6.10 Å². The van der Waals surface area contributed by atoms with Crippen LogP contribution in [0, 0.1) is 0 Å². The highest BCUT2D eigenvalue weighted by molar-refractivity contribution is 5.91. The van der Waals surface area contributed by atoms with Gasteiger partial charge in [0, 0.05) is 5.56 Å². The van der Waals surface area contributed by atoms with Gasteiger partial charge >= 0.3 is 12.0 Å². The van der Waals surface area contributed by atoms with E-state index in [1.54, 1.807) is 36.4 Å². The Bertz CT molecular complexity index is 988. The van der Waals surface area contributed by atoms with Crippen molar-refractivity contribution in [3.8, 4) is 23.0 Å². The van der Waals surface area contributed by atoms with Crippen LogP contribution >= 0.6 is 0 Å². The summed E-state index contributed by atoms with van der Waals surface area (Å²) in [7, 11) is 0. The summed E-state index contributed by atoms with van der Waals surface area (Å²) in [6.45, 7) is -0.523. The zero-order valence-corrected chi connectivity index (χ0v) is 14.5. The number of benzene rings is 2. The number of nitrogens with one attached hydrogen (secondary N) is 1. The fraction of sp³-hybridized carbons (Fsp3) is 0.158. The van der Waals surface area contributed by atoms with Crippen molar-refractivity contribution >= 4 is 17.9 Å². The molecule has 0 fully saturated rings. The van der Waals surface area contributed by atoms with Gasteiger partial charge in [-0.2, -0.15) is 0 Å². The summed E-state index contributed by atoms with van der Waals surface area (Å²) in [5.74, 6) is -0.0671. The first-order valence-electron chi connectivity index (χ1n) is 8.43. The van der Waals surface area contributed by atoms with Gasteiger partial charge in [0.1, 0.15) is 6.61 Å². The van der Waals surface area contributed by atoms with E-state index >= 15 is 0 Å². The van der Waals surface area contributed by atoms with Crippen LogP contribution in [0.2, 0.25) is 0 Å². The van der Waals surface area contributed by atoms with Crippen molar-refractivity contribution in [2.24, 2.45) is 0 Å². The first kappa shape index (κ1) is 17.5. The lowest BCUT2D eigenvalue weighted by Gasteiger charge is -2.24. The SMILES string of the molecule is O=C(COC(=O)C1COc2ccccc2O1)Nc1nnc(-c2ccccc2)o1. The van der Waals surface area contributed by atoms with Gasteiger partial charge in [0.15, 0.2) is 18.1 Å². The summed E-state index contributed by atoms with van der Waals surface area (Å²) < 4.78 is 21.3. The smallest absolute Gasteiger partial charge is 0.351 e. The molecule has 9 nitrogen and oxygen atoms in total. The number of hydrogen-bond donors (Lipinski definition) is 1. The summed E-state index contributed by atoms with van der Waals surface area (Å²) in [6, 6.07) is 16.0. The molecule has 142 valence electrons. The summed E-state index contributed by atoms with van der Waals surface area (Å²) in [5, 5.41) is 9.97. The number of fused-ring (bicyclic) bond motifs is 1. The first-order valence-corrected chi connectivity index (χ1v) is 8.43. The van der Waals surface area contributed by atoms with Gasteiger partial charge in [-0.05, 0) is 24.3 Å². The van der Waals surface area contributed by atoms with Crippen molar-refractivity contribution in [1.29, 1.82) is 0 Å². The highest BCUT2D eigenvalue weighted by Gasteiger charge is 2.29. The first-order chi connectivity index (χ1) is 13.7. The average molecular weight is 381 g/mol. The van der Waals surface area contributed by atoms with Crippen LogP contribution in [-0.4, -0.2) is 41.4 Å². The lowest BCUT2D eigenvalue weighted by molar-refractivity contribution is -0.156. The number of anilines is 1. The molecule has 4 rings (SSSR count). The quantitative estimate of drug-likeness (QED) is 0.668. The number of para-hydroxylation sites is 2. The van der Waals surface area contributed by atoms with E-state index in [1.165, 1.54) is 0 Å². The number of carbonyl (C=O) groups is 2. The highest BCUT2D eigenvalue weighted by atomic mass is 16.6. The van der Waals surface area contributed by atoms with Crippen LogP contribution in [0.4, 0.5) is 6.01 Å². The maximum atomic E-state index is 12.1. The standard InChI is InChI=1S/C19H15N3O6/c23-16(20-19-22-21-17(28-19)12-6-2-1-3-7-12)11-26-18(24)15-10-25-13-8-4-5-9-14(13)27-15/h1-9,15H,10-11H2,(H,20,22,23). The van der Waals surface area contributed by atoms with E-state index in [1.807, 2.05) is 18.2 Å². The molecule has 1 N–H and O–H groups in total. The number of hydrogen-bond acceptors (Lipinski definition) is 8. The van der Waals surface area contributed by atoms with Gasteiger partial charge in [-0.1, -0.05) is 35.4 Å². The van der Waals surface area contributed by atoms with Crippen molar-refractivity contribution < 1.29 is 28.2 Å². The third-order valence-corrected chi connectivity index (χ3v) is 3.81. The lowest BCUT2D eigenvalue weighted by Crippen LogP contribution is -2.39. The molecule has 1 aromatic heterocycles. The predicted molar refractivity (Wildman–Crippen MR) is 95.7 cm³/mol. The van der Waals surface area contributed by atoms with Crippen LogP contribution in [0.1, 0.15) is 0 Å². The summed E-state index contributed by atoms with van der Waals surface area (Å²) >= 11 is 0. The molecule has 1 aliphatic rings. The van der Waals surface area contributed by atoms with Gasteiger partial charge in [-0.25, -0.2) is 4.79 Å². The normalized spacial score (nSPS) is 14.9. The maximum absolute atomic E-state index is 12.1. The summed E-state index contributed by atoms with van der Waals surface area (Å²) in [6.07, 6.45) is -0.948. The van der Waals surface area contributed by atoms with Crippen LogP contribution in [0.15, 0.2) is 59.0 Å². The second kappa shape index (κ2) is 7.78. The minimum absolute atomic E-state index is 0.00155. The summed E-state index contributed by atoms with van der Waals surface area (Å²) in [5.41, 5.74) is 0.719. The lowest BCUT2D eigenvalue weighted by atomic mass is 10.2. The van der Waals surface area contributed by atoms with E-state index < -0.39 is 24.6 Å². The molecule has 9 heteroatoms. The second-order valence-electron chi connectivity index (χ2n) is 5.80. The van der Waals surface area contributed by atoms with Gasteiger partial charge in [0.05, 0.1) is 0 Å². The molecular formula is C19H15N3O6. The topological polar surface area (TPSA) is 113 Å². The average Bonchev–Trinajstić information content (AvgIpc) is 3.20. The Kier molecular flexibility index (Phi) is 4.87. The number of nitrogens with zero attached hydrogens (tertiary/aromatic N) is 2. The number of carbonyl (C=O) groups excluding carboxylic acids is 2. The van der Waals surface area contributed by atoms with E-state index in [2.05, 4.69) is 15.5 Å². The fourth-order valence-corrected chi connectivity index (χ4v) is 2.49. The van der Waals surface area contributed by atoms with Crippen molar-refractivity contribution in [2.75, 3.05) is 18.5 Å². The van der Waals surface area contributed by atoms with Crippen molar-refractivity contribution in [3.05, 3.63) is 54.6 Å². The molecular weight excluding hydrogens is 366 g/mol. The monoisotopic (exact) mass is 381 g/mol. The highest BCUT2D eigenvalue weighted by Crippen LogP contribution is 2.31. The minimum atomic E-state index is -0.948. The third-order valence-electron chi connectivity index (χ3n) is 3.81. The van der Waals surface area contributed by atoms with E-state index in [-0.39, 0.29) is 18.5 Å². The number of esters is 1. The minimum Gasteiger partial charge on any atom is -0.485 e. The third kappa shape index (κ3) is 3.93. The largest absolute Gasteiger partial charge is 0.485 e. The van der Waals surface area contributed by atoms with Gasteiger partial charge in [0.25, 0.3) is 5.91 Å². The molecule has 0 radical (unpaired) electrons. The zero-order valence-electron chi connectivity index (χ0n) is 14.5. The van der Waals surface area contributed by atoms with Gasteiger partial charge in [-0.15, -0.1) is 5.10 Å². The Labute approximate surface area is 159 Å². The molecule has 1 aliphatic heterocycles. The maximum Gasteiger partial charge on any atom is 0.351 e. The van der Waals surface area contributed by atoms with E-state index in [4.69, 9.17) is 18.6 Å². The molecule has 0 saturated heterocycles. The molecule has 0 aliphatic carbocycles. The van der Waals surface area contributed by atoms with E-state index in [0.29, 0.717) is 11.5 Å². The molecule has 0 saturated carbocycles. The predicted octanol–water partition coefficient (Wildman–Crippen LogP) is 2.06. The van der Waals surface area contributed by atoms with Crippen LogP contribution in [0.3, 0.4) is 0 Å². The molecule has 3 aromatic rings. The zero-order chi connectivity index (χ0) is 19.3. The number of rotatable bonds is 5. The van der Waals surface area contributed by atoms with Gasteiger partial charge in [0.2, 0.25) is 12.0 Å². The molecule has 2 heterocycles. The Morgan fingerprint density at radius 1 is 1.04 bits per heavy atom. The molecule has 1 unspecified atom stereocenters. The molecule has 0 bridgehead atoms. The molecule has 1 amide bonds. The summed E-state index contributed by atoms with van der Waals surface area (Å²) in [4.78, 5) is 24.1. The number of ether oxygens (including phenoxy) is 3. The van der Waals surface area contributed by atoms with Crippen LogP contribution < -0.4 is 14.8 Å². The Morgan fingerprint density at radius 2 is 1.79 bits per heavy atom. The second-order valence-corrected chi connectivity index (χ2v) is 5.80. The molecule has 2 aromatic carbocycles. The van der Waals surface area contributed by atoms with E-state index in [0.717, 1.165) is 5.56 Å². The van der Waals surface area contributed by atoms with Gasteiger partial charge in [-0.3, -0.25) is 10.1 Å². The molecule has 1 atom stereocenters. The molecule has 28 heavy (non-hydrogen) atoms. The Hall–Kier alpha value is -3.88. The number of amides is 1. The Morgan fingerprint density at radius 3 is 2.61 bits per heavy atom. The van der Waals surface area contributed by atoms with Crippen LogP contribution in [0.25, 0.3) is 11.5 Å². The Balaban J connectivity index is 1.28. The fourth-order valence-electron chi connectivity index (χ4n) is 2.49.